The molecular formula is C10H12N5O7P. The van der Waals surface area contributed by atoms with Gasteiger partial charge in [-0.15, -0.1) is 0 Å². The van der Waals surface area contributed by atoms with Crippen molar-refractivity contribution < 1.29 is 28.4 Å². The number of carbonyl (C=O) groups excluding carboxylic acids is 1. The first kappa shape index (κ1) is 15.9. The first-order valence-electron chi connectivity index (χ1n) is 6.42. The number of nitrogen functional groups attached to an aromatic ring is 1. The number of rotatable bonds is 2. The Labute approximate surface area is 127 Å². The largest absolute Gasteiger partial charge is 0.473 e. The molecule has 3 heterocycles. The lowest BCUT2D eigenvalue weighted by atomic mass is 10.0. The molecule has 0 spiro atoms. The molecule has 0 saturated carbocycles. The highest BCUT2D eigenvalue weighted by molar-refractivity contribution is 7.47. The minimum Gasteiger partial charge on any atom is -0.387 e. The lowest BCUT2D eigenvalue weighted by molar-refractivity contribution is -0.139. The summed E-state index contributed by atoms with van der Waals surface area (Å²) >= 11 is 0. The van der Waals surface area contributed by atoms with E-state index in [1.165, 1.54) is 0 Å². The van der Waals surface area contributed by atoms with E-state index in [-0.39, 0.29) is 23.3 Å². The zero-order chi connectivity index (χ0) is 16.8. The van der Waals surface area contributed by atoms with Crippen molar-refractivity contribution in [1.29, 1.82) is 0 Å². The van der Waals surface area contributed by atoms with Crippen LogP contribution in [0.25, 0.3) is 0 Å². The van der Waals surface area contributed by atoms with Crippen LogP contribution in [0.5, 0.6) is 0 Å². The Bertz CT molecular complexity index is 883. The van der Waals surface area contributed by atoms with Crippen LogP contribution in [0.3, 0.4) is 0 Å². The first-order chi connectivity index (χ1) is 10.8. The molecule has 0 amide bonds. The molecule has 2 aliphatic rings. The molecule has 4 atom stereocenters. The number of nitrogens with two attached hydrogens (primary N) is 1. The second-order valence-corrected chi connectivity index (χ2v) is 6.28. The van der Waals surface area contributed by atoms with Gasteiger partial charge in [0.1, 0.15) is 12.1 Å². The molecule has 1 aromatic rings. The molecule has 0 bridgehead atoms. The van der Waals surface area contributed by atoms with E-state index in [0.717, 1.165) is 0 Å². The minimum atomic E-state index is -4.42. The number of hydrogen-bond donors (Lipinski definition) is 4. The molecule has 124 valence electrons. The summed E-state index contributed by atoms with van der Waals surface area (Å²) in [4.78, 5) is 47.3. The van der Waals surface area contributed by atoms with Crippen LogP contribution in [0.2, 0.25) is 0 Å². The Hall–Kier alpha value is -1.98. The SMILES string of the molecule is Nc1nc2c(c(=O)[nH]1)=NC(C(=O)C1OP(=O)(O)OCC1O)CN=2. The maximum Gasteiger partial charge on any atom is 0.473 e. The smallest absolute Gasteiger partial charge is 0.387 e. The molecule has 1 fully saturated rings. The van der Waals surface area contributed by atoms with Crippen LogP contribution < -0.4 is 22.1 Å². The van der Waals surface area contributed by atoms with Crippen molar-refractivity contribution in [3.8, 4) is 0 Å². The van der Waals surface area contributed by atoms with E-state index in [1.807, 2.05) is 0 Å². The van der Waals surface area contributed by atoms with Crippen molar-refractivity contribution in [2.24, 2.45) is 9.98 Å². The summed E-state index contributed by atoms with van der Waals surface area (Å²) in [7, 11) is -4.42. The number of ketones is 1. The molecule has 0 radical (unpaired) electrons. The molecule has 1 saturated heterocycles. The topological polar surface area (TPSA) is 190 Å². The van der Waals surface area contributed by atoms with Crippen LogP contribution in [0.4, 0.5) is 5.95 Å². The molecule has 2 aliphatic heterocycles. The predicted molar refractivity (Wildman–Crippen MR) is 71.9 cm³/mol. The number of Topliss-reactive ketones (excluding diaryl/α,β-unsaturated/α-hetero) is 1. The molecule has 4 unspecified atom stereocenters. The lowest BCUT2D eigenvalue weighted by Gasteiger charge is -2.30. The van der Waals surface area contributed by atoms with E-state index in [0.29, 0.717) is 0 Å². The molecule has 0 aromatic carbocycles. The average Bonchev–Trinajstić information content (AvgIpc) is 2.48. The summed E-state index contributed by atoms with van der Waals surface area (Å²) in [6.45, 7) is -0.700. The van der Waals surface area contributed by atoms with Gasteiger partial charge in [-0.25, -0.2) is 4.57 Å². The number of phosphoric acid groups is 1. The summed E-state index contributed by atoms with van der Waals surface area (Å²) in [6, 6.07) is -1.16. The summed E-state index contributed by atoms with van der Waals surface area (Å²) in [5, 5.41) is 9.53. The fraction of sp³-hybridized carbons (Fsp3) is 0.500. The van der Waals surface area contributed by atoms with Gasteiger partial charge in [-0.05, 0) is 0 Å². The molecule has 12 nitrogen and oxygen atoms in total. The van der Waals surface area contributed by atoms with E-state index in [9.17, 15) is 24.2 Å². The number of anilines is 1. The lowest BCUT2D eigenvalue weighted by Crippen LogP contribution is -2.52. The standard InChI is InChI=1S/C10H12N5O7P/c11-10-14-8-5(9(18)15-10)13-3(1-12-8)6(17)7-4(16)2-21-23(19,20)22-7/h3-4,7,16H,1-2H2,(H,19,20)(H3,11,12,14,15,18). The average molecular weight is 345 g/mol. The Morgan fingerprint density at radius 1 is 1.48 bits per heavy atom. The van der Waals surface area contributed by atoms with Crippen LogP contribution in [0.1, 0.15) is 0 Å². The number of nitrogens with one attached hydrogen (secondary N) is 1. The number of aliphatic hydroxyl groups is 1. The van der Waals surface area contributed by atoms with Crippen molar-refractivity contribution in [3.05, 3.63) is 21.2 Å². The fourth-order valence-corrected chi connectivity index (χ4v) is 3.09. The van der Waals surface area contributed by atoms with Crippen molar-refractivity contribution in [3.63, 3.8) is 0 Å². The number of phosphoric ester groups is 1. The highest BCUT2D eigenvalue weighted by Gasteiger charge is 2.44. The molecule has 5 N–H and O–H groups in total. The molecular weight excluding hydrogens is 333 g/mol. The molecule has 13 heteroatoms. The van der Waals surface area contributed by atoms with Crippen molar-refractivity contribution in [2.75, 3.05) is 18.9 Å². The summed E-state index contributed by atoms with van der Waals surface area (Å²) < 4.78 is 20.4. The van der Waals surface area contributed by atoms with E-state index >= 15 is 0 Å². The second-order valence-electron chi connectivity index (χ2n) is 4.87. The maximum absolute atomic E-state index is 12.4. The van der Waals surface area contributed by atoms with Crippen molar-refractivity contribution >= 4 is 19.6 Å². The number of aromatic nitrogens is 2. The third kappa shape index (κ3) is 3.07. The monoisotopic (exact) mass is 345 g/mol. The van der Waals surface area contributed by atoms with Crippen molar-refractivity contribution in [2.45, 2.75) is 18.2 Å². The van der Waals surface area contributed by atoms with Gasteiger partial charge in [-0.1, -0.05) is 0 Å². The first-order valence-corrected chi connectivity index (χ1v) is 7.92. The van der Waals surface area contributed by atoms with Crippen LogP contribution in [0.15, 0.2) is 14.8 Å². The van der Waals surface area contributed by atoms with Gasteiger partial charge in [-0.2, -0.15) is 4.98 Å². The Morgan fingerprint density at radius 2 is 2.22 bits per heavy atom. The number of nitrogens with zero attached hydrogens (tertiary/aromatic N) is 3. The third-order valence-electron chi connectivity index (χ3n) is 3.21. The normalized spacial score (nSPS) is 33.2. The highest BCUT2D eigenvalue weighted by atomic mass is 31.2. The number of H-pyrrole nitrogens is 1. The summed E-state index contributed by atoms with van der Waals surface area (Å²) in [5.41, 5.74) is 4.71. The number of carbonyl (C=O) groups is 1. The molecule has 0 aliphatic carbocycles. The zero-order valence-electron chi connectivity index (χ0n) is 11.4. The van der Waals surface area contributed by atoms with Gasteiger partial charge in [0.25, 0.3) is 5.56 Å². The van der Waals surface area contributed by atoms with Gasteiger partial charge in [-0.3, -0.25) is 33.6 Å². The van der Waals surface area contributed by atoms with Crippen LogP contribution in [0, 0.1) is 0 Å². The highest BCUT2D eigenvalue weighted by Crippen LogP contribution is 2.48. The zero-order valence-corrected chi connectivity index (χ0v) is 12.3. The molecule has 23 heavy (non-hydrogen) atoms. The number of aliphatic hydroxyl groups excluding tert-OH is 1. The maximum atomic E-state index is 12.4. The quantitative estimate of drug-likeness (QED) is 0.393. The van der Waals surface area contributed by atoms with Crippen LogP contribution >= 0.6 is 7.82 Å². The van der Waals surface area contributed by atoms with E-state index in [2.05, 4.69) is 29.0 Å². The predicted octanol–water partition coefficient (Wildman–Crippen LogP) is -3.58. The summed E-state index contributed by atoms with van der Waals surface area (Å²) in [5.74, 6) is -0.928. The fourth-order valence-electron chi connectivity index (χ4n) is 2.16. The van der Waals surface area contributed by atoms with Crippen LogP contribution in [-0.2, 0) is 18.4 Å². The Balaban J connectivity index is 1.94. The van der Waals surface area contributed by atoms with E-state index < -0.39 is 44.0 Å². The third-order valence-corrected chi connectivity index (χ3v) is 4.18. The minimum absolute atomic E-state index is 0.00317. The summed E-state index contributed by atoms with van der Waals surface area (Å²) in [6.07, 6.45) is -3.04. The van der Waals surface area contributed by atoms with E-state index in [1.54, 1.807) is 0 Å². The van der Waals surface area contributed by atoms with Gasteiger partial charge in [0.05, 0.1) is 13.2 Å². The van der Waals surface area contributed by atoms with Gasteiger partial charge < -0.3 is 15.7 Å². The van der Waals surface area contributed by atoms with Gasteiger partial charge in [0.2, 0.25) is 5.95 Å². The second kappa shape index (κ2) is 5.58. The molecule has 3 rings (SSSR count). The van der Waals surface area contributed by atoms with Crippen molar-refractivity contribution in [1.82, 2.24) is 9.97 Å². The van der Waals surface area contributed by atoms with Gasteiger partial charge in [0.15, 0.2) is 22.7 Å². The van der Waals surface area contributed by atoms with Crippen LogP contribution in [-0.4, -0.2) is 57.2 Å². The number of fused-ring (bicyclic) bond motifs is 1. The van der Waals surface area contributed by atoms with Gasteiger partial charge >= 0.3 is 7.82 Å². The Kier molecular flexibility index (Phi) is 3.86. The van der Waals surface area contributed by atoms with Gasteiger partial charge in [0, 0.05) is 0 Å². The number of hydrogen-bond acceptors (Lipinski definition) is 10. The van der Waals surface area contributed by atoms with E-state index in [4.69, 9.17) is 5.73 Å². The number of aromatic amines is 1. The molecule has 1 aromatic heterocycles. The Morgan fingerprint density at radius 3 is 2.96 bits per heavy atom.